The van der Waals surface area contributed by atoms with Gasteiger partial charge >= 0.3 is 11.9 Å². The van der Waals surface area contributed by atoms with Crippen LogP contribution in [0.3, 0.4) is 0 Å². The standard InChI is InChI=1S/C18H26O4/c1-6-21-17(19)16(18(20)22-7-2)14(5)13(4)15-10-8-12(3)9-11-15/h8-11,13-14,16H,6-7H2,1-5H3/t13-,14+/m0/s1. The van der Waals surface area contributed by atoms with E-state index >= 15 is 0 Å². The molecule has 0 radical (unpaired) electrons. The minimum Gasteiger partial charge on any atom is -0.465 e. The number of aryl methyl sites for hydroxylation is 1. The fraction of sp³-hybridized carbons (Fsp3) is 0.556. The Labute approximate surface area is 132 Å². The van der Waals surface area contributed by atoms with Crippen molar-refractivity contribution in [1.29, 1.82) is 0 Å². The Morgan fingerprint density at radius 2 is 1.41 bits per heavy atom. The van der Waals surface area contributed by atoms with Crippen LogP contribution in [-0.2, 0) is 19.1 Å². The maximum atomic E-state index is 12.2. The fourth-order valence-corrected chi connectivity index (χ4v) is 2.45. The summed E-state index contributed by atoms with van der Waals surface area (Å²) >= 11 is 0. The van der Waals surface area contributed by atoms with Gasteiger partial charge in [-0.1, -0.05) is 43.7 Å². The van der Waals surface area contributed by atoms with E-state index in [0.29, 0.717) is 0 Å². The Balaban J connectivity index is 2.98. The van der Waals surface area contributed by atoms with E-state index in [1.165, 1.54) is 5.56 Å². The van der Waals surface area contributed by atoms with Gasteiger partial charge in [-0.25, -0.2) is 0 Å². The van der Waals surface area contributed by atoms with Gasteiger partial charge in [0.05, 0.1) is 13.2 Å². The molecule has 122 valence electrons. The van der Waals surface area contributed by atoms with Gasteiger partial charge in [0, 0.05) is 0 Å². The van der Waals surface area contributed by atoms with E-state index in [-0.39, 0.29) is 25.0 Å². The summed E-state index contributed by atoms with van der Waals surface area (Å²) in [5.41, 5.74) is 2.27. The van der Waals surface area contributed by atoms with Gasteiger partial charge in [0.25, 0.3) is 0 Å². The molecule has 0 aliphatic heterocycles. The van der Waals surface area contributed by atoms with E-state index in [9.17, 15) is 9.59 Å². The molecule has 0 spiro atoms. The third-order valence-corrected chi connectivity index (χ3v) is 4.00. The molecule has 0 aromatic heterocycles. The minimum atomic E-state index is -0.892. The maximum Gasteiger partial charge on any atom is 0.320 e. The van der Waals surface area contributed by atoms with Crippen LogP contribution < -0.4 is 0 Å². The highest BCUT2D eigenvalue weighted by Crippen LogP contribution is 2.31. The van der Waals surface area contributed by atoms with Gasteiger partial charge in [0.1, 0.15) is 0 Å². The first-order valence-corrected chi connectivity index (χ1v) is 7.82. The van der Waals surface area contributed by atoms with Crippen molar-refractivity contribution >= 4 is 11.9 Å². The molecule has 0 unspecified atom stereocenters. The maximum absolute atomic E-state index is 12.2. The van der Waals surface area contributed by atoms with Gasteiger partial charge < -0.3 is 9.47 Å². The molecule has 0 saturated heterocycles. The smallest absolute Gasteiger partial charge is 0.320 e. The van der Waals surface area contributed by atoms with Crippen LogP contribution in [0.4, 0.5) is 0 Å². The van der Waals surface area contributed by atoms with Crippen molar-refractivity contribution in [3.8, 4) is 0 Å². The Morgan fingerprint density at radius 3 is 1.82 bits per heavy atom. The first kappa shape index (κ1) is 18.2. The number of carbonyl (C=O) groups excluding carboxylic acids is 2. The topological polar surface area (TPSA) is 52.6 Å². The third kappa shape index (κ3) is 4.58. The molecule has 1 rings (SSSR count). The Bertz CT molecular complexity index is 474. The molecule has 4 nitrogen and oxygen atoms in total. The van der Waals surface area contributed by atoms with Gasteiger partial charge in [-0.05, 0) is 38.2 Å². The number of ether oxygens (including phenoxy) is 2. The van der Waals surface area contributed by atoms with Gasteiger partial charge in [-0.15, -0.1) is 0 Å². The van der Waals surface area contributed by atoms with E-state index in [1.54, 1.807) is 13.8 Å². The zero-order valence-electron chi connectivity index (χ0n) is 14.1. The summed E-state index contributed by atoms with van der Waals surface area (Å²) in [6, 6.07) is 8.12. The molecule has 0 heterocycles. The van der Waals surface area contributed by atoms with Gasteiger partial charge in [-0.3, -0.25) is 9.59 Å². The molecule has 0 saturated carbocycles. The van der Waals surface area contributed by atoms with Crippen molar-refractivity contribution in [1.82, 2.24) is 0 Å². The van der Waals surface area contributed by atoms with Crippen molar-refractivity contribution in [2.24, 2.45) is 11.8 Å². The van der Waals surface area contributed by atoms with Crippen LogP contribution in [0.2, 0.25) is 0 Å². The van der Waals surface area contributed by atoms with Crippen molar-refractivity contribution in [3.05, 3.63) is 35.4 Å². The molecule has 1 aromatic rings. The zero-order chi connectivity index (χ0) is 16.7. The first-order valence-electron chi connectivity index (χ1n) is 7.82. The Morgan fingerprint density at radius 1 is 0.955 bits per heavy atom. The summed E-state index contributed by atoms with van der Waals surface area (Å²) in [4.78, 5) is 24.3. The van der Waals surface area contributed by atoms with Gasteiger partial charge in [-0.2, -0.15) is 0 Å². The third-order valence-electron chi connectivity index (χ3n) is 4.00. The molecule has 0 amide bonds. The van der Waals surface area contributed by atoms with Crippen LogP contribution in [0, 0.1) is 18.8 Å². The van der Waals surface area contributed by atoms with E-state index in [4.69, 9.17) is 9.47 Å². The number of benzene rings is 1. The monoisotopic (exact) mass is 306 g/mol. The molecule has 2 atom stereocenters. The predicted octanol–water partition coefficient (Wildman–Crippen LogP) is 3.48. The summed E-state index contributed by atoms with van der Waals surface area (Å²) in [6.45, 7) is 9.89. The molecule has 4 heteroatoms. The Hall–Kier alpha value is -1.84. The van der Waals surface area contributed by atoms with Crippen LogP contribution in [0.5, 0.6) is 0 Å². The highest BCUT2D eigenvalue weighted by molar-refractivity contribution is 5.95. The van der Waals surface area contributed by atoms with Crippen LogP contribution in [0.15, 0.2) is 24.3 Å². The molecule has 0 bridgehead atoms. The zero-order valence-corrected chi connectivity index (χ0v) is 14.1. The second kappa shape index (κ2) is 8.57. The van der Waals surface area contributed by atoms with Crippen LogP contribution in [-0.4, -0.2) is 25.2 Å². The summed E-state index contributed by atoms with van der Waals surface area (Å²) in [6.07, 6.45) is 0. The summed E-state index contributed by atoms with van der Waals surface area (Å²) in [5.74, 6) is -2.07. The van der Waals surface area contributed by atoms with E-state index in [1.807, 2.05) is 45.0 Å². The molecule has 22 heavy (non-hydrogen) atoms. The lowest BCUT2D eigenvalue weighted by Gasteiger charge is -2.26. The lowest BCUT2D eigenvalue weighted by Crippen LogP contribution is -2.35. The van der Waals surface area contributed by atoms with Crippen molar-refractivity contribution in [3.63, 3.8) is 0 Å². The van der Waals surface area contributed by atoms with E-state index < -0.39 is 17.9 Å². The fourth-order valence-electron chi connectivity index (χ4n) is 2.45. The SMILES string of the molecule is CCOC(=O)C(C(=O)OCC)[C@H](C)[C@H](C)c1ccc(C)cc1. The van der Waals surface area contributed by atoms with Gasteiger partial charge in [0.2, 0.25) is 0 Å². The van der Waals surface area contributed by atoms with E-state index in [0.717, 1.165) is 5.56 Å². The lowest BCUT2D eigenvalue weighted by molar-refractivity contribution is -0.164. The number of carbonyl (C=O) groups is 2. The normalized spacial score (nSPS) is 13.5. The number of esters is 2. The van der Waals surface area contributed by atoms with Gasteiger partial charge in [0.15, 0.2) is 5.92 Å². The first-order chi connectivity index (χ1) is 10.4. The summed E-state index contributed by atoms with van der Waals surface area (Å²) in [5, 5.41) is 0. The minimum absolute atomic E-state index is 0.0411. The average molecular weight is 306 g/mol. The highest BCUT2D eigenvalue weighted by Gasteiger charge is 2.37. The second-order valence-electron chi connectivity index (χ2n) is 5.54. The number of hydrogen-bond acceptors (Lipinski definition) is 4. The lowest BCUT2D eigenvalue weighted by atomic mass is 9.80. The second-order valence-corrected chi connectivity index (χ2v) is 5.54. The molecule has 0 aliphatic carbocycles. The van der Waals surface area contributed by atoms with Crippen molar-refractivity contribution in [2.45, 2.75) is 40.5 Å². The molecular formula is C18H26O4. The van der Waals surface area contributed by atoms with E-state index in [2.05, 4.69) is 0 Å². The van der Waals surface area contributed by atoms with Crippen LogP contribution in [0.25, 0.3) is 0 Å². The molecule has 0 aliphatic rings. The number of hydrogen-bond donors (Lipinski definition) is 0. The average Bonchev–Trinajstić information content (AvgIpc) is 2.48. The van der Waals surface area contributed by atoms with Crippen LogP contribution in [0.1, 0.15) is 44.7 Å². The summed E-state index contributed by atoms with van der Waals surface area (Å²) < 4.78 is 10.1. The molecule has 0 fully saturated rings. The quantitative estimate of drug-likeness (QED) is 0.571. The largest absolute Gasteiger partial charge is 0.465 e. The molecule has 0 N–H and O–H groups in total. The molecule has 1 aromatic carbocycles. The Kier molecular flexibility index (Phi) is 7.09. The highest BCUT2D eigenvalue weighted by atomic mass is 16.6. The summed E-state index contributed by atoms with van der Waals surface area (Å²) in [7, 11) is 0. The van der Waals surface area contributed by atoms with Crippen molar-refractivity contribution < 1.29 is 19.1 Å². The van der Waals surface area contributed by atoms with Crippen molar-refractivity contribution in [2.75, 3.05) is 13.2 Å². The number of rotatable bonds is 7. The molecular weight excluding hydrogens is 280 g/mol. The predicted molar refractivity (Wildman–Crippen MR) is 85.5 cm³/mol. The van der Waals surface area contributed by atoms with Crippen LogP contribution >= 0.6 is 0 Å².